The van der Waals surface area contributed by atoms with E-state index in [1.807, 2.05) is 20.8 Å². The molecule has 1 aromatic carbocycles. The number of nitrogens with zero attached hydrogens (tertiary/aromatic N) is 3. The number of carbonyl (C=O) groups is 6. The second-order valence-electron chi connectivity index (χ2n) is 18.3. The maximum Gasteiger partial charge on any atom is 0.271 e. The number of hydrogen-bond donors (Lipinski definition) is 5. The molecule has 5 saturated heterocycles. The molecule has 6 aliphatic heterocycles. The predicted molar refractivity (Wildman–Crippen MR) is 230 cm³/mol. The number of carbonyl (C=O) groups excluding carboxylic acids is 6. The van der Waals surface area contributed by atoms with Gasteiger partial charge in [0.25, 0.3) is 5.91 Å². The van der Waals surface area contributed by atoms with Crippen molar-refractivity contribution in [2.45, 2.75) is 153 Å². The summed E-state index contributed by atoms with van der Waals surface area (Å²) in [5, 5.41) is 22.5. The van der Waals surface area contributed by atoms with Gasteiger partial charge in [0, 0.05) is 38.4 Å². The molecule has 12 unspecified atom stereocenters. The number of ether oxygens (including phenoxy) is 3. The molecule has 63 heavy (non-hydrogen) atoms. The Balaban J connectivity index is 1.16. The second kappa shape index (κ2) is 19.8. The molecule has 17 heteroatoms. The van der Waals surface area contributed by atoms with Crippen LogP contribution in [0.5, 0.6) is 5.75 Å². The van der Waals surface area contributed by atoms with Crippen molar-refractivity contribution in [3.8, 4) is 5.75 Å². The number of hydrogen-bond acceptors (Lipinski definition) is 12. The molecule has 6 aliphatic rings. The fourth-order valence-corrected chi connectivity index (χ4v) is 9.79. The molecule has 344 valence electrons. The van der Waals surface area contributed by atoms with Crippen LogP contribution in [0.3, 0.4) is 0 Å². The fourth-order valence-electron chi connectivity index (χ4n) is 9.79. The minimum atomic E-state index is -1.03. The van der Waals surface area contributed by atoms with Gasteiger partial charge in [-0.1, -0.05) is 39.0 Å². The maximum absolute atomic E-state index is 14.7. The molecule has 7 rings (SSSR count). The molecule has 0 saturated carbocycles. The Kier molecular flexibility index (Phi) is 14.5. The number of aliphatic hydroxyl groups excluding tert-OH is 1. The third-order valence-electron chi connectivity index (χ3n) is 13.8. The molecule has 17 nitrogen and oxygen atoms in total. The van der Waals surface area contributed by atoms with Crippen LogP contribution in [0.2, 0.25) is 0 Å². The van der Waals surface area contributed by atoms with E-state index in [-0.39, 0.29) is 60.5 Å². The summed E-state index contributed by atoms with van der Waals surface area (Å²) in [4.78, 5) is 90.5. The summed E-state index contributed by atoms with van der Waals surface area (Å²) in [6.45, 7) is 14.2. The molecule has 4 bridgehead atoms. The summed E-state index contributed by atoms with van der Waals surface area (Å²) in [5.74, 6) is -2.23. The van der Waals surface area contributed by atoms with Gasteiger partial charge < -0.3 is 50.0 Å². The summed E-state index contributed by atoms with van der Waals surface area (Å²) in [6.07, 6.45) is 2.61. The second-order valence-corrected chi connectivity index (χ2v) is 18.3. The van der Waals surface area contributed by atoms with Crippen LogP contribution in [0.4, 0.5) is 0 Å². The van der Waals surface area contributed by atoms with E-state index in [4.69, 9.17) is 14.2 Å². The predicted octanol–water partition coefficient (Wildman–Crippen LogP) is 1.63. The lowest BCUT2D eigenvalue weighted by Gasteiger charge is -2.34. The Hall–Kier alpha value is -5.00. The van der Waals surface area contributed by atoms with Crippen LogP contribution >= 0.6 is 0 Å². The Morgan fingerprint density at radius 3 is 2.24 bits per heavy atom. The summed E-state index contributed by atoms with van der Waals surface area (Å²) in [6, 6.07) is 2.74. The Morgan fingerprint density at radius 1 is 0.873 bits per heavy atom. The lowest BCUT2D eigenvalue weighted by atomic mass is 9.84. The highest BCUT2D eigenvalue weighted by molar-refractivity contribution is 5.97. The first kappa shape index (κ1) is 46.0. The molecule has 0 aliphatic carbocycles. The first-order chi connectivity index (χ1) is 30.1. The largest absolute Gasteiger partial charge is 0.491 e. The monoisotopic (exact) mass is 875 g/mol. The summed E-state index contributed by atoms with van der Waals surface area (Å²) >= 11 is 0. The van der Waals surface area contributed by atoms with E-state index in [0.29, 0.717) is 75.9 Å². The van der Waals surface area contributed by atoms with Gasteiger partial charge in [-0.15, -0.1) is 0 Å². The van der Waals surface area contributed by atoms with Crippen LogP contribution < -0.4 is 26.0 Å². The molecular weight excluding hydrogens is 811 g/mol. The van der Waals surface area contributed by atoms with Crippen molar-refractivity contribution in [1.82, 2.24) is 36.0 Å². The number of ketones is 1. The Morgan fingerprint density at radius 2 is 1.54 bits per heavy atom. The number of nitrogens with one attached hydrogen (secondary N) is 4. The standard InChI is InChI=1S/C46H65N7O10/c1-7-26(4)31-22-37(54)39-28(6)63-43(50-39)35-12-9-19-52(35)45(59)32(21-29-14-16-30(17-15-29)61-24-38(55)25(2)3)48-40(56)33-23-62-42(49-33)27(5)47-41(57)34-11-8-18-51(34)46(60)36-13-10-20-53(36)44(31)58/h14-17,23,26-28,31-32,34-36,38-39,42-43,49-50,55H,2,7-13,18-22,24H2,1,3-6H3,(H,47,57)(H,48,56). The number of Topliss-reactive ketones (excluding diaryl/α,β-unsaturated/α-hetero) is 1. The van der Waals surface area contributed by atoms with Crippen molar-refractivity contribution in [3.05, 3.63) is 53.9 Å². The van der Waals surface area contributed by atoms with Crippen LogP contribution in [0.25, 0.3) is 0 Å². The van der Waals surface area contributed by atoms with Gasteiger partial charge in [-0.3, -0.25) is 34.1 Å². The van der Waals surface area contributed by atoms with Gasteiger partial charge in [-0.2, -0.15) is 0 Å². The molecule has 5 fully saturated rings. The van der Waals surface area contributed by atoms with E-state index in [0.717, 1.165) is 5.56 Å². The number of amides is 5. The Bertz CT molecular complexity index is 1940. The lowest BCUT2D eigenvalue weighted by Crippen LogP contribution is -2.57. The van der Waals surface area contributed by atoms with Gasteiger partial charge in [-0.05, 0) is 88.5 Å². The summed E-state index contributed by atoms with van der Waals surface area (Å²) in [5.41, 5.74) is 1.39. The van der Waals surface area contributed by atoms with E-state index < -0.39 is 72.7 Å². The highest BCUT2D eigenvalue weighted by Crippen LogP contribution is 2.33. The first-order valence-corrected chi connectivity index (χ1v) is 22.8. The topological polar surface area (TPSA) is 208 Å². The number of fused-ring (bicyclic) bond motifs is 8. The van der Waals surface area contributed by atoms with E-state index >= 15 is 0 Å². The van der Waals surface area contributed by atoms with E-state index in [1.165, 1.54) is 6.26 Å². The van der Waals surface area contributed by atoms with Crippen LogP contribution in [-0.4, -0.2) is 142 Å². The van der Waals surface area contributed by atoms with Crippen molar-refractivity contribution in [2.75, 3.05) is 26.2 Å². The van der Waals surface area contributed by atoms with Crippen LogP contribution in [0, 0.1) is 11.8 Å². The third kappa shape index (κ3) is 10.0. The molecule has 0 spiro atoms. The average molecular weight is 876 g/mol. The smallest absolute Gasteiger partial charge is 0.271 e. The van der Waals surface area contributed by atoms with Crippen molar-refractivity contribution in [1.29, 1.82) is 0 Å². The maximum atomic E-state index is 14.7. The third-order valence-corrected chi connectivity index (χ3v) is 13.8. The van der Waals surface area contributed by atoms with Crippen molar-refractivity contribution in [3.63, 3.8) is 0 Å². The van der Waals surface area contributed by atoms with Crippen molar-refractivity contribution in [2.24, 2.45) is 11.8 Å². The molecule has 0 aromatic heterocycles. The normalized spacial score (nSPS) is 33.0. The van der Waals surface area contributed by atoms with E-state index in [9.17, 15) is 33.9 Å². The fraction of sp³-hybridized carbons (Fsp3) is 0.652. The highest BCUT2D eigenvalue weighted by atomic mass is 16.5. The number of aliphatic hydroxyl groups is 1. The van der Waals surface area contributed by atoms with Gasteiger partial charge in [0.15, 0.2) is 12.0 Å². The summed E-state index contributed by atoms with van der Waals surface area (Å²) < 4.78 is 18.0. The van der Waals surface area contributed by atoms with E-state index in [1.54, 1.807) is 52.8 Å². The molecule has 6 heterocycles. The molecule has 1 aromatic rings. The minimum absolute atomic E-state index is 0.0340. The molecule has 5 N–H and O–H groups in total. The zero-order chi connectivity index (χ0) is 45.1. The summed E-state index contributed by atoms with van der Waals surface area (Å²) in [7, 11) is 0. The SMILES string of the molecule is C=C(C)C(O)COc1ccc(CC2NC(=O)C3=COC(N3)C(C)NC(=O)C3CCCN3C(=O)C3CCCN3C(=O)C(C(C)CC)CC(=O)C3NC(OC3C)C3CCCN3C2=O)cc1. The highest BCUT2D eigenvalue weighted by Gasteiger charge is 2.48. The number of benzene rings is 1. The lowest BCUT2D eigenvalue weighted by molar-refractivity contribution is -0.150. The van der Waals surface area contributed by atoms with Crippen LogP contribution in [-0.2, 0) is 44.7 Å². The van der Waals surface area contributed by atoms with Crippen LogP contribution in [0.1, 0.15) is 91.5 Å². The zero-order valence-corrected chi connectivity index (χ0v) is 37.2. The van der Waals surface area contributed by atoms with Gasteiger partial charge >= 0.3 is 0 Å². The van der Waals surface area contributed by atoms with Crippen molar-refractivity contribution >= 4 is 35.3 Å². The number of rotatable bonds is 8. The molecule has 0 radical (unpaired) electrons. The quantitative estimate of drug-likeness (QED) is 0.237. The Labute approximate surface area is 369 Å². The van der Waals surface area contributed by atoms with Crippen molar-refractivity contribution < 1.29 is 48.1 Å². The first-order valence-electron chi connectivity index (χ1n) is 22.8. The van der Waals surface area contributed by atoms with E-state index in [2.05, 4.69) is 27.8 Å². The van der Waals surface area contributed by atoms with Crippen LogP contribution in [0.15, 0.2) is 48.4 Å². The minimum Gasteiger partial charge on any atom is -0.491 e. The average Bonchev–Trinajstić information content (AvgIpc) is 4.13. The van der Waals surface area contributed by atoms with Gasteiger partial charge in [0.1, 0.15) is 54.8 Å². The van der Waals surface area contributed by atoms with Gasteiger partial charge in [0.05, 0.1) is 24.2 Å². The molecule has 5 amide bonds. The zero-order valence-electron chi connectivity index (χ0n) is 37.2. The van der Waals surface area contributed by atoms with Gasteiger partial charge in [0.2, 0.25) is 23.6 Å². The van der Waals surface area contributed by atoms with Gasteiger partial charge in [-0.25, -0.2) is 0 Å². The molecule has 12 atom stereocenters. The molecular formula is C46H65N7O10.